The zero-order chi connectivity index (χ0) is 17.1. The van der Waals surface area contributed by atoms with E-state index in [4.69, 9.17) is 0 Å². The van der Waals surface area contributed by atoms with Crippen LogP contribution in [0.25, 0.3) is 0 Å². The molecule has 2 N–H and O–H groups in total. The first-order chi connectivity index (χ1) is 12.3. The van der Waals surface area contributed by atoms with Crippen LogP contribution in [0.15, 0.2) is 36.5 Å². The summed E-state index contributed by atoms with van der Waals surface area (Å²) < 4.78 is 2.08. The molecule has 3 heterocycles. The lowest BCUT2D eigenvalue weighted by molar-refractivity contribution is 0.186. The molecule has 1 fully saturated rings. The first-order valence-electron chi connectivity index (χ1n) is 9.54. The third-order valence-electron chi connectivity index (χ3n) is 5.66. The van der Waals surface area contributed by atoms with Gasteiger partial charge in [-0.25, -0.2) is 4.68 Å². The molecule has 0 saturated carbocycles. The highest BCUT2D eigenvalue weighted by atomic mass is 15.3. The van der Waals surface area contributed by atoms with Gasteiger partial charge in [-0.05, 0) is 44.0 Å². The Hall–Kier alpha value is -1.85. The summed E-state index contributed by atoms with van der Waals surface area (Å²) in [6.45, 7) is 8.84. The molecule has 2 aliphatic heterocycles. The first-order valence-corrected chi connectivity index (χ1v) is 9.54. The second-order valence-electron chi connectivity index (χ2n) is 7.53. The Morgan fingerprint density at radius 2 is 2.04 bits per heavy atom. The average molecular weight is 339 g/mol. The Balaban J connectivity index is 1.20. The first kappa shape index (κ1) is 16.6. The minimum Gasteiger partial charge on any atom is -0.370 e. The van der Waals surface area contributed by atoms with Crippen LogP contribution in [-0.4, -0.2) is 46.9 Å². The van der Waals surface area contributed by atoms with E-state index in [0.717, 1.165) is 32.0 Å². The molecule has 1 atom stereocenters. The molecule has 1 aromatic heterocycles. The Morgan fingerprint density at radius 1 is 1.20 bits per heavy atom. The second-order valence-corrected chi connectivity index (χ2v) is 7.53. The van der Waals surface area contributed by atoms with E-state index in [1.165, 1.54) is 37.1 Å². The van der Waals surface area contributed by atoms with Gasteiger partial charge in [0.05, 0.1) is 6.20 Å². The summed E-state index contributed by atoms with van der Waals surface area (Å²) in [5, 5.41) is 11.7. The van der Waals surface area contributed by atoms with Crippen LogP contribution in [0.3, 0.4) is 0 Å². The van der Waals surface area contributed by atoms with Gasteiger partial charge in [-0.3, -0.25) is 4.90 Å². The number of hydrogen-bond acceptors (Lipinski definition) is 4. The van der Waals surface area contributed by atoms with Gasteiger partial charge in [0.2, 0.25) is 0 Å². The molecule has 0 bridgehead atoms. The molecule has 134 valence electrons. The lowest BCUT2D eigenvalue weighted by atomic mass is 10.0. The molecule has 0 amide bonds. The molecule has 0 radical (unpaired) electrons. The zero-order valence-electron chi connectivity index (χ0n) is 15.1. The van der Waals surface area contributed by atoms with Crippen LogP contribution in [0.4, 0.5) is 5.82 Å². The van der Waals surface area contributed by atoms with Crippen molar-refractivity contribution in [2.24, 2.45) is 5.92 Å². The minimum atomic E-state index is 0.623. The Kier molecular flexibility index (Phi) is 5.04. The highest BCUT2D eigenvalue weighted by Crippen LogP contribution is 2.18. The fourth-order valence-corrected chi connectivity index (χ4v) is 3.98. The van der Waals surface area contributed by atoms with Crippen LogP contribution in [-0.2, 0) is 13.1 Å². The number of likely N-dealkylation sites (tertiary alicyclic amines) is 1. The number of piperidine rings is 1. The van der Waals surface area contributed by atoms with Crippen LogP contribution in [0.5, 0.6) is 0 Å². The summed E-state index contributed by atoms with van der Waals surface area (Å²) in [5.74, 6) is 1.78. The van der Waals surface area contributed by atoms with Crippen molar-refractivity contribution >= 4 is 5.82 Å². The minimum absolute atomic E-state index is 0.623. The fourth-order valence-electron chi connectivity index (χ4n) is 3.98. The van der Waals surface area contributed by atoms with Crippen molar-refractivity contribution in [1.82, 2.24) is 20.0 Å². The third kappa shape index (κ3) is 4.05. The second kappa shape index (κ2) is 7.58. The SMILES string of the molecule is Cc1ccccc1CN1CCC(NCC2CNc3ccnn3C2)CC1. The van der Waals surface area contributed by atoms with Gasteiger partial charge >= 0.3 is 0 Å². The number of nitrogens with zero attached hydrogens (tertiary/aromatic N) is 3. The molecule has 5 nitrogen and oxygen atoms in total. The van der Waals surface area contributed by atoms with Crippen molar-refractivity contribution in [2.45, 2.75) is 38.9 Å². The monoisotopic (exact) mass is 339 g/mol. The molecular formula is C20H29N5. The molecule has 2 aromatic rings. The van der Waals surface area contributed by atoms with E-state index in [-0.39, 0.29) is 0 Å². The van der Waals surface area contributed by atoms with E-state index in [0.29, 0.717) is 12.0 Å². The maximum absolute atomic E-state index is 4.38. The molecule has 0 spiro atoms. The molecule has 25 heavy (non-hydrogen) atoms. The van der Waals surface area contributed by atoms with E-state index in [9.17, 15) is 0 Å². The summed E-state index contributed by atoms with van der Waals surface area (Å²) >= 11 is 0. The van der Waals surface area contributed by atoms with Crippen LogP contribution < -0.4 is 10.6 Å². The van der Waals surface area contributed by atoms with Crippen molar-refractivity contribution in [2.75, 3.05) is 31.5 Å². The van der Waals surface area contributed by atoms with Crippen LogP contribution in [0, 0.1) is 12.8 Å². The smallest absolute Gasteiger partial charge is 0.124 e. The molecular weight excluding hydrogens is 310 g/mol. The number of benzene rings is 1. The largest absolute Gasteiger partial charge is 0.370 e. The standard InChI is InChI=1S/C20H29N5/c1-16-4-2-3-5-18(16)15-24-10-7-19(8-11-24)21-12-17-13-22-20-6-9-23-25(20)14-17/h2-6,9,17,19,21-22H,7-8,10-15H2,1H3. The predicted molar refractivity (Wildman–Crippen MR) is 102 cm³/mol. The molecule has 4 rings (SSSR count). The van der Waals surface area contributed by atoms with Crippen LogP contribution >= 0.6 is 0 Å². The van der Waals surface area contributed by atoms with Crippen molar-refractivity contribution in [3.63, 3.8) is 0 Å². The Labute approximate surface area is 150 Å². The van der Waals surface area contributed by atoms with Crippen molar-refractivity contribution in [1.29, 1.82) is 0 Å². The topological polar surface area (TPSA) is 45.1 Å². The number of aromatic nitrogens is 2. The molecule has 2 aliphatic rings. The molecule has 1 aromatic carbocycles. The van der Waals surface area contributed by atoms with E-state index < -0.39 is 0 Å². The van der Waals surface area contributed by atoms with Crippen molar-refractivity contribution in [3.8, 4) is 0 Å². The quantitative estimate of drug-likeness (QED) is 0.878. The highest BCUT2D eigenvalue weighted by Gasteiger charge is 2.22. The van der Waals surface area contributed by atoms with Gasteiger partial charge < -0.3 is 10.6 Å². The van der Waals surface area contributed by atoms with Gasteiger partial charge in [-0.15, -0.1) is 0 Å². The van der Waals surface area contributed by atoms with E-state index in [1.54, 1.807) is 0 Å². The Bertz CT molecular complexity index is 687. The van der Waals surface area contributed by atoms with E-state index in [2.05, 4.69) is 56.5 Å². The van der Waals surface area contributed by atoms with Gasteiger partial charge in [0, 0.05) is 44.2 Å². The Morgan fingerprint density at radius 3 is 2.88 bits per heavy atom. The van der Waals surface area contributed by atoms with Gasteiger partial charge in [0.25, 0.3) is 0 Å². The van der Waals surface area contributed by atoms with E-state index >= 15 is 0 Å². The molecule has 5 heteroatoms. The predicted octanol–water partition coefficient (Wildman–Crippen LogP) is 2.49. The fraction of sp³-hybridized carbons (Fsp3) is 0.550. The molecule has 1 unspecified atom stereocenters. The zero-order valence-corrected chi connectivity index (χ0v) is 15.1. The van der Waals surface area contributed by atoms with Gasteiger partial charge in [0.15, 0.2) is 0 Å². The van der Waals surface area contributed by atoms with E-state index in [1.807, 2.05) is 12.3 Å². The lowest BCUT2D eigenvalue weighted by Gasteiger charge is -2.34. The number of fused-ring (bicyclic) bond motifs is 1. The average Bonchev–Trinajstić information content (AvgIpc) is 3.11. The summed E-state index contributed by atoms with van der Waals surface area (Å²) in [4.78, 5) is 2.60. The van der Waals surface area contributed by atoms with Crippen LogP contribution in [0.2, 0.25) is 0 Å². The van der Waals surface area contributed by atoms with Crippen molar-refractivity contribution < 1.29 is 0 Å². The molecule has 1 saturated heterocycles. The van der Waals surface area contributed by atoms with Gasteiger partial charge in [-0.2, -0.15) is 5.10 Å². The lowest BCUT2D eigenvalue weighted by Crippen LogP contribution is -2.45. The maximum atomic E-state index is 4.38. The van der Waals surface area contributed by atoms with Gasteiger partial charge in [0.1, 0.15) is 5.82 Å². The van der Waals surface area contributed by atoms with Crippen molar-refractivity contribution in [3.05, 3.63) is 47.7 Å². The van der Waals surface area contributed by atoms with Gasteiger partial charge in [-0.1, -0.05) is 24.3 Å². The maximum Gasteiger partial charge on any atom is 0.124 e. The third-order valence-corrected chi connectivity index (χ3v) is 5.66. The number of anilines is 1. The number of aryl methyl sites for hydroxylation is 1. The summed E-state index contributed by atoms with van der Waals surface area (Å²) in [6.07, 6.45) is 4.38. The van der Waals surface area contributed by atoms with Crippen LogP contribution in [0.1, 0.15) is 24.0 Å². The summed E-state index contributed by atoms with van der Waals surface area (Å²) in [5.41, 5.74) is 2.88. The summed E-state index contributed by atoms with van der Waals surface area (Å²) in [6, 6.07) is 11.5. The normalized spacial score (nSPS) is 21.7. The summed E-state index contributed by atoms with van der Waals surface area (Å²) in [7, 11) is 0. The number of rotatable bonds is 5. The number of hydrogen-bond donors (Lipinski definition) is 2. The molecule has 0 aliphatic carbocycles. The number of nitrogens with one attached hydrogen (secondary N) is 2. The highest BCUT2D eigenvalue weighted by molar-refractivity contribution is 5.35.